The van der Waals surface area contributed by atoms with Crippen LogP contribution in [0.15, 0.2) is 35.6 Å². The average Bonchev–Trinajstić information content (AvgIpc) is 3.00. The Kier molecular flexibility index (Phi) is 4.55. The van der Waals surface area contributed by atoms with E-state index in [4.69, 9.17) is 9.72 Å². The minimum atomic E-state index is -0.146. The van der Waals surface area contributed by atoms with E-state index in [2.05, 4.69) is 15.3 Å². The van der Waals surface area contributed by atoms with Crippen molar-refractivity contribution in [1.29, 1.82) is 0 Å². The molecule has 4 rings (SSSR count). The smallest absolute Gasteiger partial charge is 0.222 e. The first-order valence-electron chi connectivity index (χ1n) is 8.60. The molecule has 1 aliphatic rings. The molecule has 0 aromatic carbocycles. The second kappa shape index (κ2) is 6.99. The fraction of sp³-hybridized carbons (Fsp3) is 0.316. The van der Waals surface area contributed by atoms with Gasteiger partial charge >= 0.3 is 0 Å². The number of aromatic nitrogens is 3. The molecule has 3 aromatic rings. The van der Waals surface area contributed by atoms with Crippen molar-refractivity contribution in [3.05, 3.63) is 30.6 Å². The lowest BCUT2D eigenvalue weighted by atomic mass is 9.96. The van der Waals surface area contributed by atoms with Gasteiger partial charge in [-0.05, 0) is 31.6 Å². The first-order chi connectivity index (χ1) is 12.6. The number of hydrogen-bond acceptors (Lipinski definition) is 5. The standard InChI is InChI=1S/C19H20N4O2S/c1-11(24)22-18-8-14-15(9-20-17(14)10-21-18)16-6-13(7-19(23-16)26-2)25-12-4-3-5-12/h6-10,12,20H,3-5H2,1-2H3,(H,21,22,24). The lowest BCUT2D eigenvalue weighted by Gasteiger charge is -2.26. The maximum absolute atomic E-state index is 11.3. The number of amides is 1. The number of aromatic amines is 1. The van der Waals surface area contributed by atoms with Crippen LogP contribution in [0.3, 0.4) is 0 Å². The van der Waals surface area contributed by atoms with Crippen molar-refractivity contribution in [1.82, 2.24) is 15.0 Å². The van der Waals surface area contributed by atoms with Crippen molar-refractivity contribution >= 4 is 34.4 Å². The second-order valence-electron chi connectivity index (χ2n) is 6.40. The van der Waals surface area contributed by atoms with Gasteiger partial charge in [-0.3, -0.25) is 4.79 Å². The fourth-order valence-corrected chi connectivity index (χ4v) is 3.38. The van der Waals surface area contributed by atoms with Gasteiger partial charge in [0.1, 0.15) is 16.6 Å². The molecule has 0 saturated heterocycles. The Bertz CT molecular complexity index is 965. The van der Waals surface area contributed by atoms with E-state index in [9.17, 15) is 4.79 Å². The summed E-state index contributed by atoms with van der Waals surface area (Å²) in [6.07, 6.45) is 9.43. The van der Waals surface area contributed by atoms with E-state index < -0.39 is 0 Å². The van der Waals surface area contributed by atoms with Gasteiger partial charge < -0.3 is 15.0 Å². The number of fused-ring (bicyclic) bond motifs is 1. The predicted octanol–water partition coefficient (Wildman–Crippen LogP) is 4.24. The molecule has 2 N–H and O–H groups in total. The van der Waals surface area contributed by atoms with E-state index in [1.807, 2.05) is 30.7 Å². The van der Waals surface area contributed by atoms with Crippen LogP contribution < -0.4 is 10.1 Å². The van der Waals surface area contributed by atoms with Gasteiger partial charge in [-0.2, -0.15) is 0 Å². The highest BCUT2D eigenvalue weighted by Gasteiger charge is 2.20. The van der Waals surface area contributed by atoms with Crippen LogP contribution >= 0.6 is 11.8 Å². The maximum Gasteiger partial charge on any atom is 0.222 e. The van der Waals surface area contributed by atoms with Crippen LogP contribution in [0.2, 0.25) is 0 Å². The summed E-state index contributed by atoms with van der Waals surface area (Å²) < 4.78 is 6.09. The van der Waals surface area contributed by atoms with Crippen LogP contribution in [-0.2, 0) is 4.79 Å². The largest absolute Gasteiger partial charge is 0.490 e. The summed E-state index contributed by atoms with van der Waals surface area (Å²) in [7, 11) is 0. The normalized spacial score (nSPS) is 14.2. The van der Waals surface area contributed by atoms with Gasteiger partial charge in [-0.25, -0.2) is 9.97 Å². The number of nitrogens with zero attached hydrogens (tertiary/aromatic N) is 2. The summed E-state index contributed by atoms with van der Waals surface area (Å²) in [5.74, 6) is 1.24. The number of nitrogens with one attached hydrogen (secondary N) is 2. The molecule has 0 atom stereocenters. The van der Waals surface area contributed by atoms with Gasteiger partial charge in [0.05, 0.1) is 23.5 Å². The van der Waals surface area contributed by atoms with Gasteiger partial charge in [0.15, 0.2) is 0 Å². The second-order valence-corrected chi connectivity index (χ2v) is 7.23. The molecule has 3 heterocycles. The highest BCUT2D eigenvalue weighted by Crippen LogP contribution is 2.34. The average molecular weight is 368 g/mol. The first kappa shape index (κ1) is 16.9. The number of ether oxygens (including phenoxy) is 1. The van der Waals surface area contributed by atoms with Crippen molar-refractivity contribution in [2.75, 3.05) is 11.6 Å². The third-order valence-electron chi connectivity index (χ3n) is 4.49. The highest BCUT2D eigenvalue weighted by atomic mass is 32.2. The van der Waals surface area contributed by atoms with E-state index in [1.165, 1.54) is 13.3 Å². The van der Waals surface area contributed by atoms with Gasteiger partial charge in [0.2, 0.25) is 5.91 Å². The minimum absolute atomic E-state index is 0.146. The van der Waals surface area contributed by atoms with Crippen molar-refractivity contribution in [2.45, 2.75) is 37.3 Å². The zero-order valence-corrected chi connectivity index (χ0v) is 15.5. The molecule has 0 aliphatic heterocycles. The van der Waals surface area contributed by atoms with E-state index in [0.717, 1.165) is 45.8 Å². The van der Waals surface area contributed by atoms with E-state index in [-0.39, 0.29) is 5.91 Å². The van der Waals surface area contributed by atoms with Crippen molar-refractivity contribution in [2.24, 2.45) is 0 Å². The number of carbonyl (C=O) groups is 1. The van der Waals surface area contributed by atoms with Crippen LogP contribution in [0.5, 0.6) is 5.75 Å². The van der Waals surface area contributed by atoms with E-state index in [1.54, 1.807) is 18.0 Å². The monoisotopic (exact) mass is 368 g/mol. The summed E-state index contributed by atoms with van der Waals surface area (Å²) in [5.41, 5.74) is 2.70. The molecular weight excluding hydrogens is 348 g/mol. The Balaban J connectivity index is 1.75. The Hall–Kier alpha value is -2.54. The molecule has 1 fully saturated rings. The maximum atomic E-state index is 11.3. The quantitative estimate of drug-likeness (QED) is 0.659. The molecule has 0 unspecified atom stereocenters. The number of H-pyrrole nitrogens is 1. The Morgan fingerprint density at radius 1 is 1.35 bits per heavy atom. The number of carbonyl (C=O) groups excluding carboxylic acids is 1. The number of hydrogen-bond donors (Lipinski definition) is 2. The lowest BCUT2D eigenvalue weighted by molar-refractivity contribution is -0.114. The molecule has 0 bridgehead atoms. The molecule has 1 saturated carbocycles. The van der Waals surface area contributed by atoms with Crippen molar-refractivity contribution < 1.29 is 9.53 Å². The van der Waals surface area contributed by atoms with Gasteiger partial charge in [0.25, 0.3) is 0 Å². The summed E-state index contributed by atoms with van der Waals surface area (Å²) in [5, 5.41) is 4.61. The molecule has 7 heteroatoms. The molecule has 0 spiro atoms. The van der Waals surface area contributed by atoms with Crippen LogP contribution in [0.4, 0.5) is 5.82 Å². The summed E-state index contributed by atoms with van der Waals surface area (Å²) in [6.45, 7) is 1.47. The van der Waals surface area contributed by atoms with Crippen LogP contribution in [0.1, 0.15) is 26.2 Å². The summed E-state index contributed by atoms with van der Waals surface area (Å²) >= 11 is 1.59. The first-order valence-corrected chi connectivity index (χ1v) is 9.82. The molecule has 134 valence electrons. The zero-order valence-electron chi connectivity index (χ0n) is 14.7. The topological polar surface area (TPSA) is 79.9 Å². The van der Waals surface area contributed by atoms with E-state index in [0.29, 0.717) is 11.9 Å². The third kappa shape index (κ3) is 3.39. The number of rotatable bonds is 5. The van der Waals surface area contributed by atoms with Crippen LogP contribution in [-0.4, -0.2) is 33.2 Å². The highest BCUT2D eigenvalue weighted by molar-refractivity contribution is 7.98. The number of thioether (sulfide) groups is 1. The van der Waals surface area contributed by atoms with Crippen molar-refractivity contribution in [3.8, 4) is 17.0 Å². The minimum Gasteiger partial charge on any atom is -0.490 e. The zero-order chi connectivity index (χ0) is 18.1. The predicted molar refractivity (Wildman–Crippen MR) is 104 cm³/mol. The fourth-order valence-electron chi connectivity index (χ4n) is 2.95. The van der Waals surface area contributed by atoms with Gasteiger partial charge in [-0.15, -0.1) is 11.8 Å². The van der Waals surface area contributed by atoms with Crippen LogP contribution in [0, 0.1) is 0 Å². The Morgan fingerprint density at radius 3 is 2.88 bits per heavy atom. The lowest BCUT2D eigenvalue weighted by Crippen LogP contribution is -2.24. The Labute approximate surface area is 155 Å². The molecular formula is C19H20N4O2S. The summed E-state index contributed by atoms with van der Waals surface area (Å²) in [6, 6.07) is 5.84. The molecule has 6 nitrogen and oxygen atoms in total. The van der Waals surface area contributed by atoms with Crippen LogP contribution in [0.25, 0.3) is 22.2 Å². The molecule has 1 aliphatic carbocycles. The molecule has 26 heavy (non-hydrogen) atoms. The molecule has 0 radical (unpaired) electrons. The third-order valence-corrected chi connectivity index (χ3v) is 5.11. The number of pyridine rings is 2. The molecule has 1 amide bonds. The van der Waals surface area contributed by atoms with Gasteiger partial charge in [-0.1, -0.05) is 0 Å². The Morgan fingerprint density at radius 2 is 2.19 bits per heavy atom. The summed E-state index contributed by atoms with van der Waals surface area (Å²) in [4.78, 5) is 23.5. The SMILES string of the molecule is CSc1cc(OC2CCC2)cc(-c2c[nH]c3cnc(NC(C)=O)cc23)n1. The molecule has 3 aromatic heterocycles. The van der Waals surface area contributed by atoms with Gasteiger partial charge in [0, 0.05) is 36.2 Å². The van der Waals surface area contributed by atoms with Crippen molar-refractivity contribution in [3.63, 3.8) is 0 Å². The van der Waals surface area contributed by atoms with E-state index >= 15 is 0 Å². The number of anilines is 1.